The molecule has 43 heavy (non-hydrogen) atoms. The lowest BCUT2D eigenvalue weighted by atomic mass is 10.0. The van der Waals surface area contributed by atoms with Crippen LogP contribution < -0.4 is 9.80 Å². The molecule has 1 unspecified atom stereocenters. The molecule has 0 aromatic heterocycles. The molecule has 0 amide bonds. The van der Waals surface area contributed by atoms with Gasteiger partial charge in [0.25, 0.3) is 0 Å². The molecule has 0 fully saturated rings. The van der Waals surface area contributed by atoms with Crippen molar-refractivity contribution in [2.45, 2.75) is 6.04 Å². The molecule has 6 aromatic carbocycles. The standard InChI is InChI=1S/C41H30N2/c1-4-13-30(14-5-1)32-25-27-35(28-26-32)42(36-20-10-17-33(29-36)31-15-6-2-7-16-31)40-24-12-22-38-37-21-11-23-39(37)43(41(38)40)34-18-8-3-9-19-34/h1-29,39H. The third-order valence-electron chi connectivity index (χ3n) is 8.45. The highest BCUT2D eigenvalue weighted by Crippen LogP contribution is 2.54. The van der Waals surface area contributed by atoms with E-state index in [0.717, 1.165) is 17.1 Å². The highest BCUT2D eigenvalue weighted by atomic mass is 15.2. The first kappa shape index (κ1) is 25.1. The molecule has 0 spiro atoms. The Hall–Kier alpha value is -5.60. The number of allylic oxidation sites excluding steroid dienone is 2. The van der Waals surface area contributed by atoms with Gasteiger partial charge in [-0.15, -0.1) is 0 Å². The quantitative estimate of drug-likeness (QED) is 0.203. The molecule has 0 saturated heterocycles. The van der Waals surface area contributed by atoms with Crippen LogP contribution in [0.2, 0.25) is 0 Å². The molecule has 0 radical (unpaired) electrons. The van der Waals surface area contributed by atoms with Crippen LogP contribution in [0, 0.1) is 0 Å². The molecule has 2 aliphatic rings. The van der Waals surface area contributed by atoms with Crippen molar-refractivity contribution in [2.75, 3.05) is 9.80 Å². The van der Waals surface area contributed by atoms with Gasteiger partial charge in [0.05, 0.1) is 17.4 Å². The van der Waals surface area contributed by atoms with Gasteiger partial charge in [0.2, 0.25) is 0 Å². The van der Waals surface area contributed by atoms with E-state index in [4.69, 9.17) is 0 Å². The summed E-state index contributed by atoms with van der Waals surface area (Å²) < 4.78 is 0. The number of hydrogen-bond donors (Lipinski definition) is 0. The summed E-state index contributed by atoms with van der Waals surface area (Å²) in [6.45, 7) is 0. The van der Waals surface area contributed by atoms with Gasteiger partial charge < -0.3 is 9.80 Å². The fraction of sp³-hybridized carbons (Fsp3) is 0.0244. The van der Waals surface area contributed by atoms with Gasteiger partial charge in [-0.25, -0.2) is 0 Å². The Bertz CT molecular complexity index is 1960. The van der Waals surface area contributed by atoms with Crippen molar-refractivity contribution >= 4 is 34.0 Å². The molecule has 1 aliphatic heterocycles. The van der Waals surface area contributed by atoms with Gasteiger partial charge in [0, 0.05) is 22.6 Å². The number of anilines is 5. The molecule has 1 aliphatic carbocycles. The average Bonchev–Trinajstić information content (AvgIpc) is 3.68. The van der Waals surface area contributed by atoms with E-state index in [9.17, 15) is 0 Å². The Labute approximate surface area is 253 Å². The smallest absolute Gasteiger partial charge is 0.0786 e. The maximum absolute atomic E-state index is 2.49. The topological polar surface area (TPSA) is 6.48 Å². The monoisotopic (exact) mass is 550 g/mol. The van der Waals surface area contributed by atoms with Crippen molar-refractivity contribution in [3.8, 4) is 22.3 Å². The molecular formula is C41H30N2. The van der Waals surface area contributed by atoms with E-state index in [1.165, 1.54) is 44.8 Å². The Morgan fingerprint density at radius 3 is 1.81 bits per heavy atom. The minimum atomic E-state index is 0.177. The van der Waals surface area contributed by atoms with Crippen LogP contribution in [0.4, 0.5) is 28.4 Å². The number of para-hydroxylation sites is 2. The predicted molar refractivity (Wildman–Crippen MR) is 181 cm³/mol. The first-order valence-corrected chi connectivity index (χ1v) is 14.8. The van der Waals surface area contributed by atoms with Crippen LogP contribution in [-0.2, 0) is 0 Å². The second kappa shape index (κ2) is 10.7. The third-order valence-corrected chi connectivity index (χ3v) is 8.45. The van der Waals surface area contributed by atoms with Gasteiger partial charge in [-0.3, -0.25) is 0 Å². The summed E-state index contributed by atoms with van der Waals surface area (Å²) in [6, 6.07) is 56.7. The van der Waals surface area contributed by atoms with E-state index in [1.807, 2.05) is 0 Å². The van der Waals surface area contributed by atoms with E-state index < -0.39 is 0 Å². The Balaban J connectivity index is 1.33. The predicted octanol–water partition coefficient (Wildman–Crippen LogP) is 11.0. The second-order valence-corrected chi connectivity index (χ2v) is 11.0. The van der Waals surface area contributed by atoms with E-state index in [-0.39, 0.29) is 6.04 Å². The van der Waals surface area contributed by atoms with Gasteiger partial charge in [0.1, 0.15) is 0 Å². The summed E-state index contributed by atoms with van der Waals surface area (Å²) in [7, 11) is 0. The largest absolute Gasteiger partial charge is 0.328 e. The third kappa shape index (κ3) is 4.45. The molecule has 0 saturated carbocycles. The summed E-state index contributed by atoms with van der Waals surface area (Å²) >= 11 is 0. The van der Waals surface area contributed by atoms with Crippen LogP contribution in [0.15, 0.2) is 176 Å². The van der Waals surface area contributed by atoms with Crippen molar-refractivity contribution in [1.29, 1.82) is 0 Å². The Morgan fingerprint density at radius 1 is 0.488 bits per heavy atom. The minimum absolute atomic E-state index is 0.177. The van der Waals surface area contributed by atoms with Crippen molar-refractivity contribution in [3.05, 3.63) is 182 Å². The molecule has 2 nitrogen and oxygen atoms in total. The number of fused-ring (bicyclic) bond motifs is 3. The molecule has 8 rings (SSSR count). The number of rotatable bonds is 6. The lowest BCUT2D eigenvalue weighted by Crippen LogP contribution is -2.25. The van der Waals surface area contributed by atoms with Crippen LogP contribution in [0.3, 0.4) is 0 Å². The summed E-state index contributed by atoms with van der Waals surface area (Å²) in [4.78, 5) is 4.91. The first-order chi connectivity index (χ1) is 21.3. The van der Waals surface area contributed by atoms with E-state index >= 15 is 0 Å². The Kier molecular flexibility index (Phi) is 6.23. The van der Waals surface area contributed by atoms with Crippen molar-refractivity contribution in [2.24, 2.45) is 0 Å². The maximum atomic E-state index is 2.49. The molecular weight excluding hydrogens is 520 g/mol. The van der Waals surface area contributed by atoms with Crippen LogP contribution >= 0.6 is 0 Å². The minimum Gasteiger partial charge on any atom is -0.328 e. The highest BCUT2D eigenvalue weighted by Gasteiger charge is 2.38. The zero-order valence-electron chi connectivity index (χ0n) is 23.7. The zero-order chi connectivity index (χ0) is 28.6. The fourth-order valence-electron chi connectivity index (χ4n) is 6.47. The van der Waals surface area contributed by atoms with Crippen LogP contribution in [0.25, 0.3) is 27.8 Å². The summed E-state index contributed by atoms with van der Waals surface area (Å²) in [6.07, 6.45) is 6.77. The molecule has 0 N–H and O–H groups in total. The van der Waals surface area contributed by atoms with Crippen LogP contribution in [-0.4, -0.2) is 6.04 Å². The number of nitrogens with zero attached hydrogens (tertiary/aromatic N) is 2. The van der Waals surface area contributed by atoms with Gasteiger partial charge >= 0.3 is 0 Å². The highest BCUT2D eigenvalue weighted by molar-refractivity contribution is 6.03. The van der Waals surface area contributed by atoms with E-state index in [0.29, 0.717) is 0 Å². The summed E-state index contributed by atoms with van der Waals surface area (Å²) in [5.74, 6) is 0. The first-order valence-electron chi connectivity index (χ1n) is 14.8. The van der Waals surface area contributed by atoms with E-state index in [1.54, 1.807) is 0 Å². The second-order valence-electron chi connectivity index (χ2n) is 11.0. The van der Waals surface area contributed by atoms with Crippen molar-refractivity contribution in [1.82, 2.24) is 0 Å². The SMILES string of the molecule is C1=CC2C(=C1)c1cccc(N(c3ccc(-c4ccccc4)cc3)c3cccc(-c4ccccc4)c3)c1N2c1ccccc1. The zero-order valence-corrected chi connectivity index (χ0v) is 23.7. The molecule has 6 aromatic rings. The normalized spacial score (nSPS) is 14.7. The van der Waals surface area contributed by atoms with Gasteiger partial charge in [-0.2, -0.15) is 0 Å². The lowest BCUT2D eigenvalue weighted by molar-refractivity contribution is 1.01. The lowest BCUT2D eigenvalue weighted by Gasteiger charge is -2.32. The average molecular weight is 551 g/mol. The number of benzene rings is 6. The van der Waals surface area contributed by atoms with Crippen molar-refractivity contribution in [3.63, 3.8) is 0 Å². The summed E-state index contributed by atoms with van der Waals surface area (Å²) in [5, 5.41) is 0. The van der Waals surface area contributed by atoms with Crippen molar-refractivity contribution < 1.29 is 0 Å². The molecule has 204 valence electrons. The van der Waals surface area contributed by atoms with Gasteiger partial charge in [-0.05, 0) is 70.3 Å². The summed E-state index contributed by atoms with van der Waals surface area (Å²) in [5.41, 5.74) is 13.3. The van der Waals surface area contributed by atoms with Gasteiger partial charge in [-0.1, -0.05) is 133 Å². The molecule has 2 heteroatoms. The van der Waals surface area contributed by atoms with E-state index in [2.05, 4.69) is 186 Å². The van der Waals surface area contributed by atoms with Crippen LogP contribution in [0.1, 0.15) is 5.56 Å². The fourth-order valence-corrected chi connectivity index (χ4v) is 6.47. The number of hydrogen-bond acceptors (Lipinski definition) is 2. The molecule has 1 heterocycles. The molecule has 0 bridgehead atoms. The van der Waals surface area contributed by atoms with Crippen LogP contribution in [0.5, 0.6) is 0 Å². The van der Waals surface area contributed by atoms with Gasteiger partial charge in [0.15, 0.2) is 0 Å². The molecule has 1 atom stereocenters. The Morgan fingerprint density at radius 2 is 1.09 bits per heavy atom. The maximum Gasteiger partial charge on any atom is 0.0786 e.